The van der Waals surface area contributed by atoms with E-state index in [0.717, 1.165) is 15.4 Å². The number of fused-ring (bicyclic) bond motifs is 1. The van der Waals surface area contributed by atoms with Gasteiger partial charge in [0.2, 0.25) is 22.7 Å². The summed E-state index contributed by atoms with van der Waals surface area (Å²) >= 11 is 0. The van der Waals surface area contributed by atoms with Crippen molar-refractivity contribution in [2.75, 3.05) is 33.4 Å². The molecule has 4 rings (SSSR count). The minimum atomic E-state index is -3.86. The zero-order valence-electron chi connectivity index (χ0n) is 20.5. The SMILES string of the molecule is CCS(=O)(=O)N(CC(=O)Nc1ccc(S(=O)(=O)Nc2c(C)cccc2C)cc1)c1ccc2c(c1)OCO2. The van der Waals surface area contributed by atoms with Gasteiger partial charge >= 0.3 is 0 Å². The Hall–Kier alpha value is -3.77. The van der Waals surface area contributed by atoms with Crippen molar-refractivity contribution >= 4 is 43.0 Å². The van der Waals surface area contributed by atoms with Gasteiger partial charge in [-0.2, -0.15) is 0 Å². The van der Waals surface area contributed by atoms with Crippen LogP contribution in [-0.4, -0.2) is 41.8 Å². The maximum absolute atomic E-state index is 12.9. The molecule has 1 aliphatic heterocycles. The molecule has 0 saturated carbocycles. The average Bonchev–Trinajstić information content (AvgIpc) is 3.33. The van der Waals surface area contributed by atoms with Crippen LogP contribution in [0.25, 0.3) is 0 Å². The highest BCUT2D eigenvalue weighted by atomic mass is 32.2. The third-order valence-corrected chi connectivity index (χ3v) is 8.90. The molecule has 0 atom stereocenters. The van der Waals surface area contributed by atoms with Crippen molar-refractivity contribution in [3.8, 4) is 11.5 Å². The highest BCUT2D eigenvalue weighted by Gasteiger charge is 2.26. The van der Waals surface area contributed by atoms with E-state index in [4.69, 9.17) is 9.47 Å². The van der Waals surface area contributed by atoms with Crippen molar-refractivity contribution in [2.45, 2.75) is 25.7 Å². The molecule has 0 radical (unpaired) electrons. The third kappa shape index (κ3) is 5.81. The average molecular weight is 546 g/mol. The van der Waals surface area contributed by atoms with Gasteiger partial charge < -0.3 is 14.8 Å². The maximum atomic E-state index is 12.9. The summed E-state index contributed by atoms with van der Waals surface area (Å²) in [5, 5.41) is 2.62. The number of aryl methyl sites for hydroxylation is 2. The van der Waals surface area contributed by atoms with Crippen LogP contribution >= 0.6 is 0 Å². The number of nitrogens with one attached hydrogen (secondary N) is 2. The van der Waals surface area contributed by atoms with Crippen molar-refractivity contribution in [2.24, 2.45) is 0 Å². The van der Waals surface area contributed by atoms with Crippen molar-refractivity contribution < 1.29 is 31.1 Å². The molecule has 0 spiro atoms. The lowest BCUT2D eigenvalue weighted by Crippen LogP contribution is -2.39. The zero-order valence-corrected chi connectivity index (χ0v) is 22.1. The number of hydrogen-bond donors (Lipinski definition) is 2. The van der Waals surface area contributed by atoms with Crippen LogP contribution in [0.5, 0.6) is 11.5 Å². The summed E-state index contributed by atoms with van der Waals surface area (Å²) in [6, 6.07) is 15.7. The molecule has 3 aromatic rings. The van der Waals surface area contributed by atoms with Crippen LogP contribution in [0.15, 0.2) is 65.6 Å². The number of sulfonamides is 2. The second-order valence-electron chi connectivity index (χ2n) is 8.39. The second kappa shape index (κ2) is 10.3. The Morgan fingerprint density at radius 1 is 0.919 bits per heavy atom. The summed E-state index contributed by atoms with van der Waals surface area (Å²) in [6.07, 6.45) is 0. The molecule has 0 unspecified atom stereocenters. The normalized spacial score (nSPS) is 12.7. The van der Waals surface area contributed by atoms with E-state index in [0.29, 0.717) is 22.9 Å². The Bertz CT molecular complexity index is 1520. The van der Waals surface area contributed by atoms with Gasteiger partial charge in [-0.3, -0.25) is 13.8 Å². The quantitative estimate of drug-likeness (QED) is 0.420. The van der Waals surface area contributed by atoms with E-state index in [1.54, 1.807) is 6.07 Å². The summed E-state index contributed by atoms with van der Waals surface area (Å²) in [5.74, 6) is 0.0675. The molecule has 10 nitrogen and oxygen atoms in total. The van der Waals surface area contributed by atoms with Crippen molar-refractivity contribution in [3.05, 3.63) is 71.8 Å². The Morgan fingerprint density at radius 2 is 1.57 bits per heavy atom. The molecule has 0 saturated heterocycles. The first-order valence-corrected chi connectivity index (χ1v) is 14.5. The topological polar surface area (TPSA) is 131 Å². The molecule has 1 amide bonds. The largest absolute Gasteiger partial charge is 0.454 e. The van der Waals surface area contributed by atoms with Gasteiger partial charge in [0, 0.05) is 11.8 Å². The molecule has 196 valence electrons. The Morgan fingerprint density at radius 3 is 2.22 bits per heavy atom. The molecule has 12 heteroatoms. The number of hydrogen-bond acceptors (Lipinski definition) is 7. The molecule has 1 heterocycles. The Balaban J connectivity index is 1.48. The number of carbonyl (C=O) groups is 1. The van der Waals surface area contributed by atoms with E-state index in [9.17, 15) is 21.6 Å². The van der Waals surface area contributed by atoms with Gasteiger partial charge in [0.15, 0.2) is 11.5 Å². The summed E-state index contributed by atoms with van der Waals surface area (Å²) in [6.45, 7) is 4.67. The van der Waals surface area contributed by atoms with Crippen molar-refractivity contribution in [3.63, 3.8) is 0 Å². The highest BCUT2D eigenvalue weighted by molar-refractivity contribution is 7.93. The molecular weight excluding hydrogens is 518 g/mol. The number of benzene rings is 3. The van der Waals surface area contributed by atoms with Crippen LogP contribution in [-0.2, 0) is 24.8 Å². The minimum absolute atomic E-state index is 0.0173. The predicted octanol–water partition coefficient (Wildman–Crippen LogP) is 3.63. The Labute approximate surface area is 216 Å². The predicted molar refractivity (Wildman–Crippen MR) is 141 cm³/mol. The van der Waals surface area contributed by atoms with E-state index < -0.39 is 32.5 Å². The lowest BCUT2D eigenvalue weighted by atomic mass is 10.1. The van der Waals surface area contributed by atoms with Gasteiger partial charge in [-0.15, -0.1) is 0 Å². The number of ether oxygens (including phenoxy) is 2. The third-order valence-electron chi connectivity index (χ3n) is 5.80. The smallest absolute Gasteiger partial charge is 0.261 e. The summed E-state index contributed by atoms with van der Waals surface area (Å²) < 4.78 is 65.4. The minimum Gasteiger partial charge on any atom is -0.454 e. The van der Waals surface area contributed by atoms with Gasteiger partial charge in [-0.25, -0.2) is 16.8 Å². The standard InChI is InChI=1S/C25H27N3O7S2/c1-4-36(30,31)28(20-10-13-22-23(14-20)35-16-34-22)15-24(29)26-19-8-11-21(12-9-19)37(32,33)27-25-17(2)6-5-7-18(25)3/h5-14,27H,4,15-16H2,1-3H3,(H,26,29). The summed E-state index contributed by atoms with van der Waals surface area (Å²) in [4.78, 5) is 12.8. The lowest BCUT2D eigenvalue weighted by molar-refractivity contribution is -0.114. The van der Waals surface area contributed by atoms with Crippen LogP contribution in [0.3, 0.4) is 0 Å². The molecule has 37 heavy (non-hydrogen) atoms. The van der Waals surface area contributed by atoms with Crippen LogP contribution in [0.2, 0.25) is 0 Å². The summed E-state index contributed by atoms with van der Waals surface area (Å²) in [5.41, 5.74) is 2.68. The van der Waals surface area contributed by atoms with Gasteiger partial charge in [0.05, 0.1) is 22.0 Å². The molecule has 0 fully saturated rings. The molecule has 0 aromatic heterocycles. The molecule has 2 N–H and O–H groups in total. The lowest BCUT2D eigenvalue weighted by Gasteiger charge is -2.23. The first kappa shape index (κ1) is 26.3. The van der Waals surface area contributed by atoms with Crippen LogP contribution in [0.1, 0.15) is 18.1 Å². The maximum Gasteiger partial charge on any atom is 0.261 e. The van der Waals surface area contributed by atoms with Crippen molar-refractivity contribution in [1.29, 1.82) is 0 Å². The number of anilines is 3. The van der Waals surface area contributed by atoms with E-state index in [1.165, 1.54) is 43.3 Å². The second-order valence-corrected chi connectivity index (χ2v) is 12.3. The monoisotopic (exact) mass is 545 g/mol. The van der Waals surface area contributed by atoms with E-state index >= 15 is 0 Å². The number of para-hydroxylation sites is 1. The highest BCUT2D eigenvalue weighted by Crippen LogP contribution is 2.36. The molecule has 1 aliphatic rings. The van der Waals surface area contributed by atoms with Crippen LogP contribution < -0.4 is 23.8 Å². The fourth-order valence-corrected chi connectivity index (χ4v) is 6.03. The van der Waals surface area contributed by atoms with Gasteiger partial charge in [0.25, 0.3) is 10.0 Å². The molecule has 3 aromatic carbocycles. The van der Waals surface area contributed by atoms with Gasteiger partial charge in [0.1, 0.15) is 6.54 Å². The first-order valence-electron chi connectivity index (χ1n) is 11.4. The number of nitrogens with zero attached hydrogens (tertiary/aromatic N) is 1. The van der Waals surface area contributed by atoms with Gasteiger partial charge in [-0.05, 0) is 68.3 Å². The molecular formula is C25H27N3O7S2. The van der Waals surface area contributed by atoms with Crippen LogP contribution in [0.4, 0.5) is 17.1 Å². The summed E-state index contributed by atoms with van der Waals surface area (Å²) in [7, 11) is -7.65. The number of amides is 1. The Kier molecular flexibility index (Phi) is 7.32. The molecule has 0 aliphatic carbocycles. The number of rotatable bonds is 9. The number of carbonyl (C=O) groups excluding carboxylic acids is 1. The molecule has 0 bridgehead atoms. The van der Waals surface area contributed by atoms with Crippen molar-refractivity contribution in [1.82, 2.24) is 0 Å². The van der Waals surface area contributed by atoms with E-state index in [-0.39, 0.29) is 23.1 Å². The zero-order chi connectivity index (χ0) is 26.8. The fourth-order valence-electron chi connectivity index (χ4n) is 3.76. The van der Waals surface area contributed by atoms with E-state index in [2.05, 4.69) is 10.0 Å². The van der Waals surface area contributed by atoms with Crippen LogP contribution in [0, 0.1) is 13.8 Å². The van der Waals surface area contributed by atoms with E-state index in [1.807, 2.05) is 32.0 Å². The first-order chi connectivity index (χ1) is 17.5. The fraction of sp³-hybridized carbons (Fsp3) is 0.240. The van der Waals surface area contributed by atoms with Gasteiger partial charge in [-0.1, -0.05) is 18.2 Å².